The first-order valence-corrected chi connectivity index (χ1v) is 11.8. The van der Waals surface area contributed by atoms with Gasteiger partial charge in [-0.1, -0.05) is 41.1 Å². The van der Waals surface area contributed by atoms with E-state index < -0.39 is 34.0 Å². The van der Waals surface area contributed by atoms with Gasteiger partial charge in [-0.2, -0.15) is 13.7 Å². The van der Waals surface area contributed by atoms with Crippen LogP contribution in [0.15, 0.2) is 63.6 Å². The fourth-order valence-corrected chi connectivity index (χ4v) is 5.22. The zero-order valence-corrected chi connectivity index (χ0v) is 17.5. The zero-order chi connectivity index (χ0) is 21.4. The Morgan fingerprint density at radius 1 is 1.07 bits per heavy atom. The number of hydrogen-bond acceptors (Lipinski definition) is 8. The van der Waals surface area contributed by atoms with Crippen LogP contribution in [0.2, 0.25) is 0 Å². The number of oxime groups is 1. The monoisotopic (exact) mass is 431 g/mol. The van der Waals surface area contributed by atoms with E-state index in [9.17, 15) is 22.1 Å². The maximum atomic E-state index is 12.4. The minimum absolute atomic E-state index is 0.184. The van der Waals surface area contributed by atoms with Crippen LogP contribution in [0.1, 0.15) is 25.0 Å². The molecule has 0 fully saturated rings. The molecule has 10 heteroatoms. The summed E-state index contributed by atoms with van der Waals surface area (Å²) >= 11 is 0. The van der Waals surface area contributed by atoms with Gasteiger partial charge in [-0.15, -0.1) is 0 Å². The Balaban J connectivity index is 1.96. The maximum absolute atomic E-state index is 12.4. The van der Waals surface area contributed by atoms with Gasteiger partial charge < -0.3 is 0 Å². The average molecular weight is 431 g/mol. The molecule has 0 unspecified atom stereocenters. The number of fused-ring (bicyclic) bond motifs is 1. The van der Waals surface area contributed by atoms with E-state index in [1.807, 2.05) is 12.1 Å². The number of nitriles is 1. The third kappa shape index (κ3) is 3.54. The van der Waals surface area contributed by atoms with Crippen molar-refractivity contribution in [1.82, 2.24) is 0 Å². The third-order valence-electron chi connectivity index (χ3n) is 4.53. The maximum Gasteiger partial charge on any atom is 0.443 e. The van der Waals surface area contributed by atoms with Gasteiger partial charge in [0.15, 0.2) is 0 Å². The molecule has 0 aliphatic carbocycles. The van der Waals surface area contributed by atoms with E-state index in [0.29, 0.717) is 5.69 Å². The summed E-state index contributed by atoms with van der Waals surface area (Å²) in [7, 11) is -10.1. The Morgan fingerprint density at radius 3 is 2.28 bits per heavy atom. The smallest absolute Gasteiger partial charge is 0.255 e. The highest BCUT2D eigenvalue weighted by Gasteiger charge is 2.39. The highest BCUT2D eigenvalue weighted by Crippen LogP contribution is 2.40. The number of rotatable bonds is 5. The lowest BCUT2D eigenvalue weighted by atomic mass is 9.80. The highest BCUT2D eigenvalue weighted by molar-refractivity contribution is 8.65. The van der Waals surface area contributed by atoms with Crippen molar-refractivity contribution in [2.45, 2.75) is 31.1 Å². The molecule has 0 radical (unpaired) electrons. The minimum Gasteiger partial charge on any atom is -0.255 e. The highest BCUT2D eigenvalue weighted by atomic mass is 33.2. The van der Waals surface area contributed by atoms with Gasteiger partial charge in [0.2, 0.25) is 5.71 Å². The molecule has 8 nitrogen and oxygen atoms in total. The first kappa shape index (κ1) is 20.7. The molecule has 2 aromatic carbocycles. The van der Waals surface area contributed by atoms with Crippen LogP contribution in [0.3, 0.4) is 0 Å². The van der Waals surface area contributed by atoms with Gasteiger partial charge in [-0.3, -0.25) is 4.28 Å². The van der Waals surface area contributed by atoms with Gasteiger partial charge in [0.1, 0.15) is 6.07 Å². The fraction of sp³-hybridized carbons (Fsp3) is 0.211. The van der Waals surface area contributed by atoms with E-state index in [1.165, 1.54) is 12.1 Å². The van der Waals surface area contributed by atoms with E-state index in [2.05, 4.69) is 14.4 Å². The minimum atomic E-state index is -5.19. The fourth-order valence-electron chi connectivity index (χ4n) is 2.90. The van der Waals surface area contributed by atoms with Gasteiger partial charge in [0.25, 0.3) is 0 Å². The van der Waals surface area contributed by atoms with Crippen LogP contribution in [-0.4, -0.2) is 28.3 Å². The number of benzene rings is 2. The van der Waals surface area contributed by atoms with Crippen LogP contribution >= 0.6 is 0 Å². The van der Waals surface area contributed by atoms with E-state index >= 15 is 0 Å². The van der Waals surface area contributed by atoms with E-state index in [0.717, 1.165) is 23.3 Å². The van der Waals surface area contributed by atoms with Crippen molar-refractivity contribution in [2.75, 3.05) is 0 Å². The van der Waals surface area contributed by atoms with Gasteiger partial charge in [0.05, 0.1) is 16.3 Å². The van der Waals surface area contributed by atoms with Crippen LogP contribution in [-0.2, 0) is 27.7 Å². The molecule has 0 saturated carbocycles. The predicted molar refractivity (Wildman–Crippen MR) is 108 cm³/mol. The number of aliphatic imine (C=N–C) groups is 1. The second kappa shape index (κ2) is 7.09. The Hall–Kier alpha value is -3.03. The number of nitrogens with zero attached hydrogens (tertiary/aromatic N) is 3. The lowest BCUT2D eigenvalue weighted by Gasteiger charge is -2.20. The van der Waals surface area contributed by atoms with Gasteiger partial charge in [-0.25, -0.2) is 13.4 Å². The van der Waals surface area contributed by atoms with Crippen molar-refractivity contribution in [2.24, 2.45) is 10.1 Å². The number of para-hydroxylation sites is 1. The number of aryl methyl sites for hydroxylation is 1. The Kier molecular flexibility index (Phi) is 5.06. The zero-order valence-electron chi connectivity index (χ0n) is 15.8. The molecule has 2 aromatic rings. The molecular weight excluding hydrogens is 414 g/mol. The summed E-state index contributed by atoms with van der Waals surface area (Å²) in [6, 6.07) is 14.1. The molecule has 0 bridgehead atoms. The Labute approximate surface area is 168 Å². The summed E-state index contributed by atoms with van der Waals surface area (Å²) in [5, 5.41) is 12.8. The van der Waals surface area contributed by atoms with Crippen molar-refractivity contribution in [3.8, 4) is 6.07 Å². The van der Waals surface area contributed by atoms with Gasteiger partial charge >= 0.3 is 18.0 Å². The van der Waals surface area contributed by atoms with Crippen molar-refractivity contribution < 1.29 is 21.1 Å². The van der Waals surface area contributed by atoms with Crippen LogP contribution in [0.5, 0.6) is 0 Å². The number of hydrogen-bond donors (Lipinski definition) is 0. The molecule has 0 spiro atoms. The molecule has 0 atom stereocenters. The topological polar surface area (TPSA) is 126 Å². The SMILES string of the molecule is Cc1ccc(S(=O)(=O)S(=O)(=O)O/N=C(\C#N)C2=Nc3ccccc3C2(C)C)cc1. The largest absolute Gasteiger partial charge is 0.443 e. The molecule has 150 valence electrons. The molecule has 29 heavy (non-hydrogen) atoms. The van der Waals surface area contributed by atoms with Crippen LogP contribution in [0.4, 0.5) is 5.69 Å². The molecule has 0 N–H and O–H groups in total. The second-order valence-electron chi connectivity index (χ2n) is 6.90. The van der Waals surface area contributed by atoms with E-state index in [-0.39, 0.29) is 5.71 Å². The van der Waals surface area contributed by atoms with Crippen molar-refractivity contribution >= 4 is 35.1 Å². The van der Waals surface area contributed by atoms with Crippen LogP contribution in [0.25, 0.3) is 0 Å². The van der Waals surface area contributed by atoms with Crippen molar-refractivity contribution in [3.05, 3.63) is 59.7 Å². The molecule has 3 rings (SSSR count). The summed E-state index contributed by atoms with van der Waals surface area (Å²) in [6.07, 6.45) is 0. The molecule has 0 amide bonds. The van der Waals surface area contributed by atoms with E-state index in [1.54, 1.807) is 39.0 Å². The third-order valence-corrected chi connectivity index (χ3v) is 8.55. The summed E-state index contributed by atoms with van der Waals surface area (Å²) in [6.45, 7) is 5.32. The first-order valence-electron chi connectivity index (χ1n) is 8.43. The second-order valence-corrected chi connectivity index (χ2v) is 11.8. The molecule has 0 saturated heterocycles. The first-order chi connectivity index (χ1) is 13.5. The normalized spacial score (nSPS) is 15.9. The Bertz CT molecular complexity index is 1280. The molecular formula is C19H17N3O5S2. The van der Waals surface area contributed by atoms with Crippen molar-refractivity contribution in [3.63, 3.8) is 0 Å². The molecule has 1 aliphatic rings. The Morgan fingerprint density at radius 2 is 1.69 bits per heavy atom. The van der Waals surface area contributed by atoms with Gasteiger partial charge in [-0.05, 0) is 44.5 Å². The standard InChI is InChI=1S/C19H17N3O5S2/c1-13-8-10-14(11-9-13)28(23,24)29(25,26)27-22-17(12-20)18-19(2,3)15-6-4-5-7-16(15)21-18/h4-11H,1-3H3/b22-17+. The average Bonchev–Trinajstić information content (AvgIpc) is 2.94. The summed E-state index contributed by atoms with van der Waals surface area (Å²) in [4.78, 5) is 3.89. The molecule has 1 aliphatic heterocycles. The molecule has 1 heterocycles. The lowest BCUT2D eigenvalue weighted by molar-refractivity contribution is 0.349. The summed E-state index contributed by atoms with van der Waals surface area (Å²) in [5.41, 5.74) is 1.22. The quantitative estimate of drug-likeness (QED) is 0.407. The summed E-state index contributed by atoms with van der Waals surface area (Å²) in [5.74, 6) is 0. The van der Waals surface area contributed by atoms with Crippen LogP contribution < -0.4 is 0 Å². The summed E-state index contributed by atoms with van der Waals surface area (Å²) < 4.78 is 53.8. The van der Waals surface area contributed by atoms with Crippen LogP contribution in [0, 0.1) is 18.3 Å². The van der Waals surface area contributed by atoms with Crippen molar-refractivity contribution in [1.29, 1.82) is 5.26 Å². The van der Waals surface area contributed by atoms with Gasteiger partial charge in [0, 0.05) is 5.41 Å². The lowest BCUT2D eigenvalue weighted by Crippen LogP contribution is -2.32. The molecule has 0 aromatic heterocycles. The van der Waals surface area contributed by atoms with E-state index in [4.69, 9.17) is 0 Å². The predicted octanol–water partition coefficient (Wildman–Crippen LogP) is 2.97.